The Bertz CT molecular complexity index is 642. The molecule has 0 spiro atoms. The molecule has 0 radical (unpaired) electrons. The second-order valence-corrected chi connectivity index (χ2v) is 7.15. The van der Waals surface area contributed by atoms with E-state index >= 15 is 0 Å². The molecule has 0 aliphatic rings. The number of rotatable bonds is 2. The van der Waals surface area contributed by atoms with Gasteiger partial charge in [-0.05, 0) is 34.1 Å². The topological polar surface area (TPSA) is 25.8 Å². The van der Waals surface area contributed by atoms with E-state index in [9.17, 15) is 8.78 Å². The van der Waals surface area contributed by atoms with Gasteiger partial charge in [0.05, 0.1) is 4.90 Å². The van der Waals surface area contributed by atoms with Crippen molar-refractivity contribution in [2.24, 2.45) is 0 Å². The highest BCUT2D eigenvalue weighted by molar-refractivity contribution is 9.10. The maximum absolute atomic E-state index is 13.6. The van der Waals surface area contributed by atoms with E-state index in [1.54, 1.807) is 6.07 Å². The molecule has 106 valence electrons. The molecule has 2 aromatic rings. The van der Waals surface area contributed by atoms with Crippen LogP contribution in [-0.2, 0) is 5.41 Å². The van der Waals surface area contributed by atoms with Gasteiger partial charge in [0.1, 0.15) is 27.1 Å². The van der Waals surface area contributed by atoms with E-state index in [0.29, 0.717) is 15.5 Å². The predicted octanol–water partition coefficient (Wildman–Crippen LogP) is 4.97. The number of nitrogens with zero attached hydrogens (tertiary/aromatic N) is 2. The Balaban J connectivity index is 2.39. The first-order valence-electron chi connectivity index (χ1n) is 5.94. The summed E-state index contributed by atoms with van der Waals surface area (Å²) in [4.78, 5) is 8.92. The average Bonchev–Trinajstić information content (AvgIpc) is 2.32. The van der Waals surface area contributed by atoms with Crippen LogP contribution in [0.5, 0.6) is 0 Å². The molecule has 1 heterocycles. The van der Waals surface area contributed by atoms with E-state index in [2.05, 4.69) is 25.9 Å². The van der Waals surface area contributed by atoms with Crippen LogP contribution in [0.2, 0.25) is 0 Å². The van der Waals surface area contributed by atoms with Crippen molar-refractivity contribution in [3.63, 3.8) is 0 Å². The summed E-state index contributed by atoms with van der Waals surface area (Å²) >= 11 is 4.40. The van der Waals surface area contributed by atoms with Gasteiger partial charge in [0, 0.05) is 11.5 Å². The summed E-state index contributed by atoms with van der Waals surface area (Å²) in [5.41, 5.74) is -0.223. The predicted molar refractivity (Wildman–Crippen MR) is 78.9 cm³/mol. The van der Waals surface area contributed by atoms with Crippen LogP contribution in [0.25, 0.3) is 0 Å². The van der Waals surface area contributed by atoms with Crippen LogP contribution in [0.4, 0.5) is 8.78 Å². The summed E-state index contributed by atoms with van der Waals surface area (Å²) < 4.78 is 27.4. The molecule has 20 heavy (non-hydrogen) atoms. The molecule has 6 heteroatoms. The highest BCUT2D eigenvalue weighted by Crippen LogP contribution is 2.31. The van der Waals surface area contributed by atoms with Crippen LogP contribution in [0, 0.1) is 11.6 Å². The van der Waals surface area contributed by atoms with Crippen molar-refractivity contribution in [3.05, 3.63) is 46.3 Å². The maximum atomic E-state index is 13.6. The third kappa shape index (κ3) is 3.76. The molecular weight excluding hydrogens is 346 g/mol. The summed E-state index contributed by atoms with van der Waals surface area (Å²) in [6.45, 7) is 5.98. The highest BCUT2D eigenvalue weighted by Gasteiger charge is 2.19. The van der Waals surface area contributed by atoms with Crippen molar-refractivity contribution in [1.82, 2.24) is 9.97 Å². The van der Waals surface area contributed by atoms with Crippen molar-refractivity contribution < 1.29 is 8.78 Å². The molecule has 0 bridgehead atoms. The Hall–Kier alpha value is -1.01. The van der Waals surface area contributed by atoms with Crippen LogP contribution in [-0.4, -0.2) is 9.97 Å². The van der Waals surface area contributed by atoms with Gasteiger partial charge in [0.15, 0.2) is 0 Å². The lowest BCUT2D eigenvalue weighted by Crippen LogP contribution is -2.16. The second-order valence-electron chi connectivity index (χ2n) is 5.28. The molecule has 0 fully saturated rings. The molecule has 2 nitrogen and oxygen atoms in total. The van der Waals surface area contributed by atoms with Crippen molar-refractivity contribution in [3.8, 4) is 0 Å². The van der Waals surface area contributed by atoms with E-state index in [0.717, 1.165) is 30.0 Å². The minimum Gasteiger partial charge on any atom is -0.226 e. The van der Waals surface area contributed by atoms with E-state index in [-0.39, 0.29) is 10.3 Å². The first-order valence-corrected chi connectivity index (χ1v) is 7.54. The fourth-order valence-electron chi connectivity index (χ4n) is 1.45. The standard InChI is InChI=1S/C14H13BrF2N2S/c1-14(2,3)13-18-11(15)7-12(19-13)20-10-6-8(16)4-5-9(10)17/h4-7H,1-3H3. The maximum Gasteiger partial charge on any atom is 0.137 e. The van der Waals surface area contributed by atoms with Gasteiger partial charge < -0.3 is 0 Å². The monoisotopic (exact) mass is 358 g/mol. The third-order valence-corrected chi connectivity index (χ3v) is 3.81. The van der Waals surface area contributed by atoms with Gasteiger partial charge in [-0.1, -0.05) is 32.5 Å². The van der Waals surface area contributed by atoms with Crippen LogP contribution in [0.3, 0.4) is 0 Å². The quantitative estimate of drug-likeness (QED) is 0.709. The molecule has 0 N–H and O–H groups in total. The van der Waals surface area contributed by atoms with Crippen LogP contribution >= 0.6 is 27.7 Å². The number of halogens is 3. The Kier molecular flexibility index (Phi) is 4.44. The van der Waals surface area contributed by atoms with Gasteiger partial charge >= 0.3 is 0 Å². The van der Waals surface area contributed by atoms with Gasteiger partial charge in [-0.25, -0.2) is 18.7 Å². The zero-order chi connectivity index (χ0) is 14.9. The highest BCUT2D eigenvalue weighted by atomic mass is 79.9. The fraction of sp³-hybridized carbons (Fsp3) is 0.286. The van der Waals surface area contributed by atoms with Gasteiger partial charge in [-0.3, -0.25) is 0 Å². The molecular formula is C14H13BrF2N2S. The summed E-state index contributed by atoms with van der Waals surface area (Å²) in [5, 5.41) is 0.571. The molecule has 0 aliphatic carbocycles. The summed E-state index contributed by atoms with van der Waals surface area (Å²) in [7, 11) is 0. The Morgan fingerprint density at radius 3 is 2.45 bits per heavy atom. The van der Waals surface area contributed by atoms with Crippen LogP contribution < -0.4 is 0 Å². The second kappa shape index (κ2) is 5.77. The van der Waals surface area contributed by atoms with Crippen LogP contribution in [0.1, 0.15) is 26.6 Å². The zero-order valence-electron chi connectivity index (χ0n) is 11.2. The zero-order valence-corrected chi connectivity index (χ0v) is 13.6. The Morgan fingerprint density at radius 2 is 1.80 bits per heavy atom. The molecule has 2 rings (SSSR count). The molecule has 0 amide bonds. The van der Waals surface area contributed by atoms with Crippen molar-refractivity contribution in [1.29, 1.82) is 0 Å². The van der Waals surface area contributed by atoms with Crippen molar-refractivity contribution >= 4 is 27.7 Å². The van der Waals surface area contributed by atoms with Crippen molar-refractivity contribution in [2.45, 2.75) is 36.1 Å². The third-order valence-electron chi connectivity index (χ3n) is 2.45. The molecule has 1 aromatic carbocycles. The lowest BCUT2D eigenvalue weighted by Gasteiger charge is -2.17. The molecule has 0 saturated carbocycles. The molecule has 0 atom stereocenters. The number of hydrogen-bond acceptors (Lipinski definition) is 3. The summed E-state index contributed by atoms with van der Waals surface area (Å²) in [6, 6.07) is 5.05. The number of hydrogen-bond donors (Lipinski definition) is 0. The minimum atomic E-state index is -0.474. The molecule has 0 aliphatic heterocycles. The van der Waals surface area contributed by atoms with Crippen LogP contribution in [0.15, 0.2) is 38.8 Å². The summed E-state index contributed by atoms with van der Waals surface area (Å²) in [5.74, 6) is -0.298. The first kappa shape index (κ1) is 15.4. The molecule has 0 saturated heterocycles. The fourth-order valence-corrected chi connectivity index (χ4v) is 2.85. The van der Waals surface area contributed by atoms with E-state index in [1.807, 2.05) is 20.8 Å². The van der Waals surface area contributed by atoms with Gasteiger partial charge in [0.25, 0.3) is 0 Å². The Labute approximate surface area is 129 Å². The minimum absolute atomic E-state index is 0.204. The van der Waals surface area contributed by atoms with Gasteiger partial charge in [-0.2, -0.15) is 0 Å². The smallest absolute Gasteiger partial charge is 0.137 e. The van der Waals surface area contributed by atoms with E-state index in [1.165, 1.54) is 0 Å². The largest absolute Gasteiger partial charge is 0.226 e. The van der Waals surface area contributed by atoms with Gasteiger partial charge in [0.2, 0.25) is 0 Å². The number of aromatic nitrogens is 2. The van der Waals surface area contributed by atoms with E-state index in [4.69, 9.17) is 0 Å². The number of benzene rings is 1. The lowest BCUT2D eigenvalue weighted by molar-refractivity contribution is 0.536. The lowest BCUT2D eigenvalue weighted by atomic mass is 9.96. The molecule has 0 unspecified atom stereocenters. The summed E-state index contributed by atoms with van der Waals surface area (Å²) in [6.07, 6.45) is 0. The average molecular weight is 359 g/mol. The van der Waals surface area contributed by atoms with Gasteiger partial charge in [-0.15, -0.1) is 0 Å². The van der Waals surface area contributed by atoms with E-state index < -0.39 is 11.6 Å². The normalized spacial score (nSPS) is 11.7. The SMILES string of the molecule is CC(C)(C)c1nc(Br)cc(Sc2cc(F)ccc2F)n1. The van der Waals surface area contributed by atoms with Crippen molar-refractivity contribution in [2.75, 3.05) is 0 Å². The Morgan fingerprint density at radius 1 is 1.10 bits per heavy atom. The molecule has 1 aromatic heterocycles. The first-order chi connectivity index (χ1) is 9.25.